The molecule has 7 N–H and O–H groups in total. The van der Waals surface area contributed by atoms with Crippen molar-refractivity contribution in [3.05, 3.63) is 0 Å². The van der Waals surface area contributed by atoms with Gasteiger partial charge in [0.05, 0.1) is 5.60 Å². The molecule has 0 aliphatic rings. The Balaban J connectivity index is -0.000000267. The maximum absolute atomic E-state index is 13.1. The molecule has 192 valence electrons. The molecule has 0 fully saturated rings. The molecule has 0 aromatic rings. The molecule has 0 aromatic heterocycles. The van der Waals surface area contributed by atoms with Crippen molar-refractivity contribution in [2.24, 2.45) is 0 Å². The summed E-state index contributed by atoms with van der Waals surface area (Å²) in [6.07, 6.45) is 12.7. The van der Waals surface area contributed by atoms with Gasteiger partial charge in [-0.2, -0.15) is 0 Å². The molecular formula is C16H40B4F4O8. The lowest BCUT2D eigenvalue weighted by Crippen LogP contribution is -2.37. The van der Waals surface area contributed by atoms with Gasteiger partial charge in [-0.25, -0.2) is 0 Å². The van der Waals surface area contributed by atoms with Gasteiger partial charge in [0.2, 0.25) is 0 Å². The molecule has 16 heteroatoms. The van der Waals surface area contributed by atoms with Gasteiger partial charge in [0.15, 0.2) is 0 Å². The summed E-state index contributed by atoms with van der Waals surface area (Å²) in [7, 11) is -10.1. The fourth-order valence-corrected chi connectivity index (χ4v) is 2.85. The third-order valence-corrected chi connectivity index (χ3v) is 4.06. The molecule has 0 amide bonds. The highest BCUT2D eigenvalue weighted by Crippen LogP contribution is 2.33. The second-order valence-electron chi connectivity index (χ2n) is 6.90. The molecule has 0 saturated carbocycles. The average Bonchev–Trinajstić information content (AvgIpc) is 2.60. The van der Waals surface area contributed by atoms with Gasteiger partial charge in [-0.1, -0.05) is 78.6 Å². The van der Waals surface area contributed by atoms with E-state index in [2.05, 4.69) is 20.8 Å². The normalized spacial score (nSPS) is 9.94. The van der Waals surface area contributed by atoms with Gasteiger partial charge in [-0.05, 0) is 19.3 Å². The molecule has 0 saturated heterocycles. The zero-order valence-corrected chi connectivity index (χ0v) is 19.3. The van der Waals surface area contributed by atoms with Crippen molar-refractivity contribution in [3.63, 3.8) is 0 Å². The van der Waals surface area contributed by atoms with E-state index in [4.69, 9.17) is 39.8 Å². The third-order valence-electron chi connectivity index (χ3n) is 4.06. The molecule has 8 nitrogen and oxygen atoms in total. The van der Waals surface area contributed by atoms with Gasteiger partial charge >= 0.3 is 29.6 Å². The summed E-state index contributed by atoms with van der Waals surface area (Å²) in [4.78, 5) is 0. The zero-order valence-electron chi connectivity index (χ0n) is 19.3. The lowest BCUT2D eigenvalue weighted by molar-refractivity contribution is 0.00183. The van der Waals surface area contributed by atoms with Gasteiger partial charge < -0.3 is 39.8 Å². The van der Waals surface area contributed by atoms with Crippen LogP contribution in [0, 0.1) is 0 Å². The summed E-state index contributed by atoms with van der Waals surface area (Å²) in [5.41, 5.74) is -0.451. The van der Waals surface area contributed by atoms with Crippen LogP contribution in [0.5, 0.6) is 0 Å². The zero-order chi connectivity index (χ0) is 26.0. The van der Waals surface area contributed by atoms with E-state index in [-0.39, 0.29) is 0 Å². The van der Waals surface area contributed by atoms with Crippen LogP contribution in [0.25, 0.3) is 0 Å². The fourth-order valence-electron chi connectivity index (χ4n) is 2.85. The van der Waals surface area contributed by atoms with Crippen LogP contribution in [-0.4, -0.2) is 70.4 Å². The summed E-state index contributed by atoms with van der Waals surface area (Å²) >= 11 is 0. The predicted molar refractivity (Wildman–Crippen MR) is 119 cm³/mol. The second-order valence-corrected chi connectivity index (χ2v) is 6.90. The minimum atomic E-state index is -2.67. The lowest BCUT2D eigenvalue weighted by Gasteiger charge is -2.34. The van der Waals surface area contributed by atoms with E-state index >= 15 is 0 Å². The first-order chi connectivity index (χ1) is 14.8. The standard InChI is InChI=1S/C16H34BFO2.3BFH2O2/c1-4-7-10-13-16(20-17(18)19,14-11-8-5-2)15-12-9-6-3;3*2-1(3)4/h19H,4-15H2,1-3H3;3*3-4H. The van der Waals surface area contributed by atoms with Crippen molar-refractivity contribution in [2.75, 3.05) is 0 Å². The number of hydrogen-bond donors (Lipinski definition) is 7. The SMILES string of the molecule is CCCCCC(CCCCC)(CCCCC)OB(O)F.OB(O)F.OB(O)F.OB(O)F. The minimum absolute atomic E-state index is 0.451. The van der Waals surface area contributed by atoms with Crippen LogP contribution in [0.15, 0.2) is 0 Å². The van der Waals surface area contributed by atoms with Crippen molar-refractivity contribution in [3.8, 4) is 0 Å². The molecule has 0 aliphatic heterocycles. The van der Waals surface area contributed by atoms with Crippen LogP contribution in [0.2, 0.25) is 0 Å². The summed E-state index contributed by atoms with van der Waals surface area (Å²) in [6.45, 7) is 6.50. The number of unbranched alkanes of at least 4 members (excludes halogenated alkanes) is 6. The smallest absolute Gasteiger partial charge is 0.398 e. The van der Waals surface area contributed by atoms with Crippen LogP contribution < -0.4 is 0 Å². The Labute approximate surface area is 190 Å². The highest BCUT2D eigenvalue weighted by Gasteiger charge is 2.34. The first-order valence-corrected chi connectivity index (χ1v) is 10.8. The Morgan fingerprint density at radius 2 is 0.750 bits per heavy atom. The molecule has 0 radical (unpaired) electrons. The fraction of sp³-hybridized carbons (Fsp3) is 1.00. The van der Waals surface area contributed by atoms with E-state index in [9.17, 15) is 17.3 Å². The van der Waals surface area contributed by atoms with Crippen LogP contribution in [0.3, 0.4) is 0 Å². The number of rotatable bonds is 14. The van der Waals surface area contributed by atoms with Crippen molar-refractivity contribution >= 4 is 29.6 Å². The molecule has 0 unspecified atom stereocenters. The van der Waals surface area contributed by atoms with E-state index in [1.54, 1.807) is 0 Å². The Bertz CT molecular complexity index is 304. The van der Waals surface area contributed by atoms with Crippen LogP contribution in [0.1, 0.15) is 97.8 Å². The number of hydrogen-bond acceptors (Lipinski definition) is 8. The van der Waals surface area contributed by atoms with Crippen molar-refractivity contribution in [1.29, 1.82) is 0 Å². The van der Waals surface area contributed by atoms with Crippen molar-refractivity contribution < 1.29 is 57.1 Å². The maximum atomic E-state index is 13.1. The van der Waals surface area contributed by atoms with Gasteiger partial charge in [-0.15, -0.1) is 0 Å². The quantitative estimate of drug-likeness (QED) is 0.114. The van der Waals surface area contributed by atoms with E-state index in [0.29, 0.717) is 0 Å². The monoisotopic (exact) mass is 480 g/mol. The molecule has 0 rings (SSSR count). The Morgan fingerprint density at radius 1 is 0.531 bits per heavy atom. The van der Waals surface area contributed by atoms with E-state index in [1.807, 2.05) is 0 Å². The maximum Gasteiger partial charge on any atom is 0.677 e. The number of halogens is 4. The van der Waals surface area contributed by atoms with Gasteiger partial charge in [0.25, 0.3) is 0 Å². The average molecular weight is 480 g/mol. The first-order valence-electron chi connectivity index (χ1n) is 10.8. The molecule has 0 aromatic carbocycles. The Morgan fingerprint density at radius 3 is 0.906 bits per heavy atom. The first kappa shape index (κ1) is 38.9. The van der Waals surface area contributed by atoms with Crippen molar-refractivity contribution in [2.45, 2.75) is 103 Å². The summed E-state index contributed by atoms with van der Waals surface area (Å²) in [5.74, 6) is 0. The minimum Gasteiger partial charge on any atom is -0.398 e. The summed E-state index contributed by atoms with van der Waals surface area (Å²) in [6, 6.07) is 0. The molecule has 0 spiro atoms. The summed E-state index contributed by atoms with van der Waals surface area (Å²) in [5, 5.41) is 50.7. The topological polar surface area (TPSA) is 151 Å². The molecule has 0 bridgehead atoms. The Kier molecular flexibility index (Phi) is 34.9. The Hall–Kier alpha value is -0.340. The lowest BCUT2D eigenvalue weighted by atomic mass is 9.84. The van der Waals surface area contributed by atoms with Crippen LogP contribution >= 0.6 is 0 Å². The van der Waals surface area contributed by atoms with Crippen LogP contribution in [0.4, 0.5) is 17.3 Å². The summed E-state index contributed by atoms with van der Waals surface area (Å²) < 4.78 is 48.8. The molecular weight excluding hydrogens is 439 g/mol. The van der Waals surface area contributed by atoms with E-state index in [0.717, 1.165) is 77.0 Å². The molecule has 0 aliphatic carbocycles. The van der Waals surface area contributed by atoms with Gasteiger partial charge in [-0.3, -0.25) is 17.3 Å². The van der Waals surface area contributed by atoms with Crippen molar-refractivity contribution in [1.82, 2.24) is 0 Å². The highest BCUT2D eigenvalue weighted by atomic mass is 19.1. The second kappa shape index (κ2) is 28.7. The molecule has 32 heavy (non-hydrogen) atoms. The molecule has 0 atom stereocenters. The molecule has 0 heterocycles. The van der Waals surface area contributed by atoms with E-state index in [1.165, 1.54) is 0 Å². The van der Waals surface area contributed by atoms with Gasteiger partial charge in [0, 0.05) is 0 Å². The van der Waals surface area contributed by atoms with Gasteiger partial charge in [0.1, 0.15) is 0 Å². The largest absolute Gasteiger partial charge is 0.677 e. The third kappa shape index (κ3) is 47.4. The van der Waals surface area contributed by atoms with E-state index < -0.39 is 35.2 Å². The highest BCUT2D eigenvalue weighted by molar-refractivity contribution is 6.33. The predicted octanol–water partition coefficient (Wildman–Crippen LogP) is 2.21. The van der Waals surface area contributed by atoms with Crippen LogP contribution in [-0.2, 0) is 4.65 Å².